The largest absolute Gasteiger partial charge is 0.382 e. The van der Waals surface area contributed by atoms with Gasteiger partial charge < -0.3 is 10.3 Å². The standard InChI is InChI=1S/C11H16N4/c1-11(2,3)10-14-7-5-6-13-9(12)8(7)15(10)4/h5-6H,1-4H3,(H2,12,13). The molecule has 2 aromatic heterocycles. The van der Waals surface area contributed by atoms with Gasteiger partial charge >= 0.3 is 0 Å². The number of nitrogens with two attached hydrogens (primary N) is 1. The Balaban J connectivity index is 2.82. The quantitative estimate of drug-likeness (QED) is 0.712. The first-order valence-electron chi connectivity index (χ1n) is 4.98. The Morgan fingerprint density at radius 1 is 1.33 bits per heavy atom. The van der Waals surface area contributed by atoms with Gasteiger partial charge in [0.2, 0.25) is 0 Å². The lowest BCUT2D eigenvalue weighted by Gasteiger charge is -2.17. The van der Waals surface area contributed by atoms with Gasteiger partial charge in [0, 0.05) is 18.7 Å². The summed E-state index contributed by atoms with van der Waals surface area (Å²) in [5.74, 6) is 1.57. The van der Waals surface area contributed by atoms with Crippen LogP contribution < -0.4 is 5.73 Å². The minimum absolute atomic E-state index is 0.0141. The molecular weight excluding hydrogens is 188 g/mol. The molecule has 0 atom stereocenters. The van der Waals surface area contributed by atoms with Crippen molar-refractivity contribution in [2.24, 2.45) is 7.05 Å². The van der Waals surface area contributed by atoms with Crippen LogP contribution >= 0.6 is 0 Å². The molecule has 4 nitrogen and oxygen atoms in total. The van der Waals surface area contributed by atoms with E-state index in [4.69, 9.17) is 5.73 Å². The van der Waals surface area contributed by atoms with Crippen LogP contribution in [0.3, 0.4) is 0 Å². The third-order valence-corrected chi connectivity index (χ3v) is 2.48. The highest BCUT2D eigenvalue weighted by atomic mass is 15.1. The van der Waals surface area contributed by atoms with Crippen LogP contribution in [-0.2, 0) is 12.5 Å². The van der Waals surface area contributed by atoms with Crippen molar-refractivity contribution in [1.29, 1.82) is 0 Å². The summed E-state index contributed by atoms with van der Waals surface area (Å²) in [7, 11) is 1.98. The number of hydrogen-bond donors (Lipinski definition) is 1. The highest BCUT2D eigenvalue weighted by Gasteiger charge is 2.22. The average Bonchev–Trinajstić information content (AvgIpc) is 2.44. The first kappa shape index (κ1) is 9.96. The number of rotatable bonds is 0. The van der Waals surface area contributed by atoms with E-state index in [2.05, 4.69) is 30.7 Å². The molecule has 0 saturated carbocycles. The molecule has 0 aromatic carbocycles. The fraction of sp³-hybridized carbons (Fsp3) is 0.455. The van der Waals surface area contributed by atoms with Crippen molar-refractivity contribution < 1.29 is 0 Å². The maximum Gasteiger partial charge on any atom is 0.149 e. The fourth-order valence-corrected chi connectivity index (χ4v) is 1.86. The molecule has 2 heterocycles. The van der Waals surface area contributed by atoms with Gasteiger partial charge in [0.1, 0.15) is 17.2 Å². The maximum absolute atomic E-state index is 5.84. The van der Waals surface area contributed by atoms with Gasteiger partial charge in [-0.05, 0) is 6.07 Å². The van der Waals surface area contributed by atoms with E-state index >= 15 is 0 Å². The molecule has 0 spiro atoms. The zero-order valence-corrected chi connectivity index (χ0v) is 9.57. The summed E-state index contributed by atoms with van der Waals surface area (Å²) in [6, 6.07) is 1.89. The molecule has 4 heteroatoms. The van der Waals surface area contributed by atoms with Crippen LogP contribution in [0.2, 0.25) is 0 Å². The highest BCUT2D eigenvalue weighted by Crippen LogP contribution is 2.26. The molecule has 0 aliphatic rings. The smallest absolute Gasteiger partial charge is 0.149 e. The lowest BCUT2D eigenvalue weighted by Crippen LogP contribution is -2.17. The van der Waals surface area contributed by atoms with Crippen LogP contribution in [0.1, 0.15) is 26.6 Å². The third-order valence-electron chi connectivity index (χ3n) is 2.48. The van der Waals surface area contributed by atoms with Crippen molar-refractivity contribution in [3.8, 4) is 0 Å². The Kier molecular flexibility index (Phi) is 1.96. The van der Waals surface area contributed by atoms with Crippen molar-refractivity contribution >= 4 is 16.9 Å². The molecule has 0 fully saturated rings. The van der Waals surface area contributed by atoms with E-state index in [-0.39, 0.29) is 5.41 Å². The van der Waals surface area contributed by atoms with Gasteiger partial charge in [-0.25, -0.2) is 9.97 Å². The topological polar surface area (TPSA) is 56.7 Å². The molecule has 80 valence electrons. The summed E-state index contributed by atoms with van der Waals surface area (Å²) >= 11 is 0. The van der Waals surface area contributed by atoms with Crippen molar-refractivity contribution in [3.05, 3.63) is 18.1 Å². The number of nitrogen functional groups attached to an aromatic ring is 1. The van der Waals surface area contributed by atoms with Gasteiger partial charge in [-0.2, -0.15) is 0 Å². The molecule has 0 aliphatic carbocycles. The Morgan fingerprint density at radius 3 is 2.53 bits per heavy atom. The molecule has 2 N–H and O–H groups in total. The Hall–Kier alpha value is -1.58. The number of pyridine rings is 1. The molecule has 2 aromatic rings. The summed E-state index contributed by atoms with van der Waals surface area (Å²) in [5, 5.41) is 0. The molecule has 0 amide bonds. The van der Waals surface area contributed by atoms with Crippen molar-refractivity contribution in [2.45, 2.75) is 26.2 Å². The highest BCUT2D eigenvalue weighted by molar-refractivity contribution is 5.85. The molecule has 0 aliphatic heterocycles. The Labute approximate surface area is 89.1 Å². The van der Waals surface area contributed by atoms with Crippen LogP contribution in [0.25, 0.3) is 11.0 Å². The number of anilines is 1. The van der Waals surface area contributed by atoms with E-state index in [1.54, 1.807) is 6.20 Å². The lowest BCUT2D eigenvalue weighted by atomic mass is 9.96. The van der Waals surface area contributed by atoms with E-state index in [1.807, 2.05) is 17.7 Å². The summed E-state index contributed by atoms with van der Waals surface area (Å²) in [5.41, 5.74) is 7.69. The van der Waals surface area contributed by atoms with Crippen LogP contribution in [-0.4, -0.2) is 14.5 Å². The van der Waals surface area contributed by atoms with Crippen molar-refractivity contribution in [3.63, 3.8) is 0 Å². The molecule has 0 saturated heterocycles. The van der Waals surface area contributed by atoms with E-state index < -0.39 is 0 Å². The Morgan fingerprint density at radius 2 is 2.00 bits per heavy atom. The van der Waals surface area contributed by atoms with Crippen molar-refractivity contribution in [2.75, 3.05) is 5.73 Å². The number of fused-ring (bicyclic) bond motifs is 1. The first-order valence-corrected chi connectivity index (χ1v) is 4.98. The summed E-state index contributed by atoms with van der Waals surface area (Å²) in [6.45, 7) is 6.41. The lowest BCUT2D eigenvalue weighted by molar-refractivity contribution is 0.527. The zero-order chi connectivity index (χ0) is 11.2. The average molecular weight is 204 g/mol. The van der Waals surface area contributed by atoms with Crippen LogP contribution in [0.15, 0.2) is 12.3 Å². The Bertz CT molecular complexity index is 505. The molecular formula is C11H16N4. The minimum atomic E-state index is 0.0141. The van der Waals surface area contributed by atoms with E-state index in [0.717, 1.165) is 16.9 Å². The number of aromatic nitrogens is 3. The second-order valence-corrected chi connectivity index (χ2v) is 4.81. The van der Waals surface area contributed by atoms with Gasteiger partial charge in [-0.3, -0.25) is 0 Å². The maximum atomic E-state index is 5.84. The van der Waals surface area contributed by atoms with Crippen LogP contribution in [0, 0.1) is 0 Å². The predicted molar refractivity (Wildman–Crippen MR) is 61.6 cm³/mol. The van der Waals surface area contributed by atoms with Gasteiger partial charge in [-0.1, -0.05) is 20.8 Å². The van der Waals surface area contributed by atoms with Crippen LogP contribution in [0.5, 0.6) is 0 Å². The van der Waals surface area contributed by atoms with Crippen molar-refractivity contribution in [1.82, 2.24) is 14.5 Å². The predicted octanol–water partition coefficient (Wildman–Crippen LogP) is 1.85. The number of hydrogen-bond acceptors (Lipinski definition) is 3. The molecule has 15 heavy (non-hydrogen) atoms. The SMILES string of the molecule is Cn1c(C(C)(C)C)nc2ccnc(N)c21. The minimum Gasteiger partial charge on any atom is -0.382 e. The molecule has 0 bridgehead atoms. The van der Waals surface area contributed by atoms with Gasteiger partial charge in [0.15, 0.2) is 0 Å². The zero-order valence-electron chi connectivity index (χ0n) is 9.57. The summed E-state index contributed by atoms with van der Waals surface area (Å²) in [4.78, 5) is 8.67. The van der Waals surface area contributed by atoms with E-state index in [1.165, 1.54) is 0 Å². The molecule has 0 unspecified atom stereocenters. The second-order valence-electron chi connectivity index (χ2n) is 4.81. The summed E-state index contributed by atoms with van der Waals surface area (Å²) < 4.78 is 2.03. The van der Waals surface area contributed by atoms with Crippen LogP contribution in [0.4, 0.5) is 5.82 Å². The number of aryl methyl sites for hydroxylation is 1. The number of nitrogens with zero attached hydrogens (tertiary/aromatic N) is 3. The molecule has 2 rings (SSSR count). The van der Waals surface area contributed by atoms with E-state index in [9.17, 15) is 0 Å². The van der Waals surface area contributed by atoms with E-state index in [0.29, 0.717) is 5.82 Å². The normalized spacial score (nSPS) is 12.3. The second kappa shape index (κ2) is 2.95. The third kappa shape index (κ3) is 1.46. The number of imidazole rings is 1. The van der Waals surface area contributed by atoms with Gasteiger partial charge in [0.25, 0.3) is 0 Å². The summed E-state index contributed by atoms with van der Waals surface area (Å²) in [6.07, 6.45) is 1.69. The monoisotopic (exact) mass is 204 g/mol. The first-order chi connectivity index (χ1) is 6.91. The molecule has 0 radical (unpaired) electrons. The van der Waals surface area contributed by atoms with Gasteiger partial charge in [0.05, 0.1) is 5.52 Å². The van der Waals surface area contributed by atoms with Gasteiger partial charge in [-0.15, -0.1) is 0 Å². The fourth-order valence-electron chi connectivity index (χ4n) is 1.86.